The Bertz CT molecular complexity index is 460. The van der Waals surface area contributed by atoms with E-state index in [1.165, 1.54) is 4.90 Å². The third kappa shape index (κ3) is 4.28. The highest BCUT2D eigenvalue weighted by molar-refractivity contribution is 5.86. The van der Waals surface area contributed by atoms with E-state index in [0.29, 0.717) is 12.3 Å². The lowest BCUT2D eigenvalue weighted by Gasteiger charge is -2.20. The van der Waals surface area contributed by atoms with Crippen molar-refractivity contribution >= 4 is 17.6 Å². The molecule has 1 rings (SSSR count). The van der Waals surface area contributed by atoms with Gasteiger partial charge in [0.05, 0.1) is 12.5 Å². The van der Waals surface area contributed by atoms with Gasteiger partial charge >= 0.3 is 5.97 Å². The normalized spacial score (nSPS) is 11.7. The van der Waals surface area contributed by atoms with E-state index in [2.05, 4.69) is 0 Å². The molecule has 0 radical (unpaired) electrons. The van der Waals surface area contributed by atoms with Crippen molar-refractivity contribution in [3.63, 3.8) is 0 Å². The third-order valence-electron chi connectivity index (χ3n) is 2.83. The molecule has 0 aliphatic heterocycles. The molecule has 1 aromatic carbocycles. The van der Waals surface area contributed by atoms with Gasteiger partial charge in [0.2, 0.25) is 5.91 Å². The SMILES string of the molecule is CCOC(=O)CN(C)C(=O)C(C)c1cccc(N)c1. The molecule has 19 heavy (non-hydrogen) atoms. The van der Waals surface area contributed by atoms with E-state index in [4.69, 9.17) is 10.5 Å². The van der Waals surface area contributed by atoms with Gasteiger partial charge in [-0.3, -0.25) is 9.59 Å². The molecule has 0 aromatic heterocycles. The van der Waals surface area contributed by atoms with Crippen LogP contribution in [0.25, 0.3) is 0 Å². The molecule has 5 heteroatoms. The summed E-state index contributed by atoms with van der Waals surface area (Å²) in [4.78, 5) is 24.9. The van der Waals surface area contributed by atoms with Crippen LogP contribution in [0.3, 0.4) is 0 Å². The van der Waals surface area contributed by atoms with Crippen LogP contribution in [0.15, 0.2) is 24.3 Å². The minimum atomic E-state index is -0.405. The van der Waals surface area contributed by atoms with E-state index in [-0.39, 0.29) is 18.4 Å². The highest BCUT2D eigenvalue weighted by Crippen LogP contribution is 2.19. The molecule has 0 saturated heterocycles. The van der Waals surface area contributed by atoms with Crippen LogP contribution in [0.2, 0.25) is 0 Å². The molecule has 0 fully saturated rings. The number of likely N-dealkylation sites (N-methyl/N-ethyl adjacent to an activating group) is 1. The summed E-state index contributed by atoms with van der Waals surface area (Å²) in [6.45, 7) is 3.79. The summed E-state index contributed by atoms with van der Waals surface area (Å²) in [5, 5.41) is 0. The smallest absolute Gasteiger partial charge is 0.325 e. The number of nitrogens with zero attached hydrogens (tertiary/aromatic N) is 1. The fourth-order valence-corrected chi connectivity index (χ4v) is 1.78. The van der Waals surface area contributed by atoms with Gasteiger partial charge in [0, 0.05) is 12.7 Å². The number of carbonyl (C=O) groups is 2. The summed E-state index contributed by atoms with van der Waals surface area (Å²) in [7, 11) is 1.59. The molecule has 0 aliphatic carbocycles. The second-order valence-corrected chi connectivity index (χ2v) is 4.39. The monoisotopic (exact) mass is 264 g/mol. The number of anilines is 1. The number of nitrogen functional groups attached to an aromatic ring is 1. The van der Waals surface area contributed by atoms with E-state index in [0.717, 1.165) is 5.56 Å². The molecular formula is C14H20N2O3. The number of esters is 1. The van der Waals surface area contributed by atoms with E-state index >= 15 is 0 Å². The number of hydrogen-bond acceptors (Lipinski definition) is 4. The van der Waals surface area contributed by atoms with Gasteiger partial charge in [0.15, 0.2) is 0 Å². The first kappa shape index (κ1) is 15.0. The van der Waals surface area contributed by atoms with Gasteiger partial charge in [-0.05, 0) is 31.5 Å². The predicted octanol–water partition coefficient (Wildman–Crippen LogP) is 1.39. The zero-order valence-corrected chi connectivity index (χ0v) is 11.6. The van der Waals surface area contributed by atoms with Gasteiger partial charge < -0.3 is 15.4 Å². The summed E-state index contributed by atoms with van der Waals surface area (Å²) in [5.74, 6) is -0.889. The Morgan fingerprint density at radius 3 is 2.68 bits per heavy atom. The molecule has 104 valence electrons. The molecule has 1 aromatic rings. The van der Waals surface area contributed by atoms with Crippen molar-refractivity contribution in [1.82, 2.24) is 4.90 Å². The Labute approximate surface area is 113 Å². The molecule has 0 spiro atoms. The Morgan fingerprint density at radius 1 is 1.42 bits per heavy atom. The molecular weight excluding hydrogens is 244 g/mol. The number of benzene rings is 1. The largest absolute Gasteiger partial charge is 0.465 e. The summed E-state index contributed by atoms with van der Waals surface area (Å²) < 4.78 is 4.81. The molecule has 2 N–H and O–H groups in total. The van der Waals surface area contributed by atoms with Crippen molar-refractivity contribution in [2.45, 2.75) is 19.8 Å². The maximum Gasteiger partial charge on any atom is 0.325 e. The average molecular weight is 264 g/mol. The maximum atomic E-state index is 12.2. The lowest BCUT2D eigenvalue weighted by atomic mass is 9.99. The van der Waals surface area contributed by atoms with Crippen LogP contribution in [0.5, 0.6) is 0 Å². The number of nitrogens with two attached hydrogens (primary N) is 1. The summed E-state index contributed by atoms with van der Waals surface area (Å²) in [6.07, 6.45) is 0. The molecule has 1 unspecified atom stereocenters. The van der Waals surface area contributed by atoms with Gasteiger partial charge in [-0.25, -0.2) is 0 Å². The Hall–Kier alpha value is -2.04. The van der Waals surface area contributed by atoms with Crippen LogP contribution in [0.1, 0.15) is 25.3 Å². The average Bonchev–Trinajstić information content (AvgIpc) is 2.37. The maximum absolute atomic E-state index is 12.2. The number of ether oxygens (including phenoxy) is 1. The lowest BCUT2D eigenvalue weighted by molar-refractivity contribution is -0.148. The van der Waals surface area contributed by atoms with Crippen LogP contribution in [0, 0.1) is 0 Å². The molecule has 0 saturated carbocycles. The fourth-order valence-electron chi connectivity index (χ4n) is 1.78. The minimum absolute atomic E-state index is 0.0423. The summed E-state index contributed by atoms with van der Waals surface area (Å²) in [6, 6.07) is 7.18. The summed E-state index contributed by atoms with van der Waals surface area (Å²) in [5.41, 5.74) is 7.14. The third-order valence-corrected chi connectivity index (χ3v) is 2.83. The first-order valence-corrected chi connectivity index (χ1v) is 6.21. The zero-order valence-electron chi connectivity index (χ0n) is 11.6. The number of rotatable bonds is 5. The Kier molecular flexibility index (Phi) is 5.36. The number of amides is 1. The second kappa shape index (κ2) is 6.78. The van der Waals surface area contributed by atoms with Gasteiger partial charge in [0.25, 0.3) is 0 Å². The van der Waals surface area contributed by atoms with Crippen molar-refractivity contribution in [3.8, 4) is 0 Å². The quantitative estimate of drug-likeness (QED) is 0.644. The van der Waals surface area contributed by atoms with Crippen molar-refractivity contribution in [3.05, 3.63) is 29.8 Å². The molecule has 1 amide bonds. The van der Waals surface area contributed by atoms with Gasteiger partial charge in [-0.2, -0.15) is 0 Å². The number of carbonyl (C=O) groups excluding carboxylic acids is 2. The van der Waals surface area contributed by atoms with Crippen LogP contribution in [-0.4, -0.2) is 37.0 Å². The van der Waals surface area contributed by atoms with Crippen LogP contribution in [0.4, 0.5) is 5.69 Å². The van der Waals surface area contributed by atoms with Gasteiger partial charge in [-0.15, -0.1) is 0 Å². The highest BCUT2D eigenvalue weighted by Gasteiger charge is 2.21. The van der Waals surface area contributed by atoms with Crippen molar-refractivity contribution < 1.29 is 14.3 Å². The lowest BCUT2D eigenvalue weighted by Crippen LogP contribution is -2.35. The topological polar surface area (TPSA) is 72.6 Å². The van der Waals surface area contributed by atoms with Crippen LogP contribution < -0.4 is 5.73 Å². The van der Waals surface area contributed by atoms with Crippen molar-refractivity contribution in [2.75, 3.05) is 25.9 Å². The van der Waals surface area contributed by atoms with E-state index in [9.17, 15) is 9.59 Å². The van der Waals surface area contributed by atoms with E-state index < -0.39 is 5.97 Å². The molecule has 5 nitrogen and oxygen atoms in total. The Morgan fingerprint density at radius 2 is 2.11 bits per heavy atom. The molecule has 0 bridgehead atoms. The van der Waals surface area contributed by atoms with Gasteiger partial charge in [0.1, 0.15) is 6.54 Å². The van der Waals surface area contributed by atoms with Crippen LogP contribution in [-0.2, 0) is 14.3 Å². The minimum Gasteiger partial charge on any atom is -0.465 e. The van der Waals surface area contributed by atoms with Crippen LogP contribution >= 0.6 is 0 Å². The second-order valence-electron chi connectivity index (χ2n) is 4.39. The standard InChI is InChI=1S/C14H20N2O3/c1-4-19-13(17)9-16(3)14(18)10(2)11-6-5-7-12(15)8-11/h5-8,10H,4,9,15H2,1-3H3. The highest BCUT2D eigenvalue weighted by atomic mass is 16.5. The first-order chi connectivity index (χ1) is 8.95. The number of hydrogen-bond donors (Lipinski definition) is 1. The summed E-state index contributed by atoms with van der Waals surface area (Å²) >= 11 is 0. The van der Waals surface area contributed by atoms with Crippen molar-refractivity contribution in [1.29, 1.82) is 0 Å². The van der Waals surface area contributed by atoms with Crippen molar-refractivity contribution in [2.24, 2.45) is 0 Å². The van der Waals surface area contributed by atoms with E-state index in [1.54, 1.807) is 39.1 Å². The zero-order chi connectivity index (χ0) is 14.4. The Balaban J connectivity index is 2.68. The molecule has 0 aliphatic rings. The first-order valence-electron chi connectivity index (χ1n) is 6.21. The van der Waals surface area contributed by atoms with E-state index in [1.807, 2.05) is 6.07 Å². The molecule has 0 heterocycles. The van der Waals surface area contributed by atoms with Gasteiger partial charge in [-0.1, -0.05) is 12.1 Å². The fraction of sp³-hybridized carbons (Fsp3) is 0.429. The predicted molar refractivity (Wildman–Crippen MR) is 73.5 cm³/mol. The molecule has 1 atom stereocenters.